The lowest BCUT2D eigenvalue weighted by Crippen LogP contribution is -2.61. The Bertz CT molecular complexity index is 1720. The summed E-state index contributed by atoms with van der Waals surface area (Å²) in [5, 5.41) is 2.93. The number of aromatic amines is 1. The second kappa shape index (κ2) is 13.5. The van der Waals surface area contributed by atoms with Crippen LogP contribution in [0.4, 0.5) is 13.2 Å². The van der Waals surface area contributed by atoms with E-state index in [9.17, 15) is 32.3 Å². The number of likely N-dealkylation sites (tertiary alicyclic amines) is 1. The van der Waals surface area contributed by atoms with Crippen molar-refractivity contribution in [2.75, 3.05) is 19.6 Å². The highest BCUT2D eigenvalue weighted by molar-refractivity contribution is 7.46. The highest BCUT2D eigenvalue weighted by Crippen LogP contribution is 2.52. The highest BCUT2D eigenvalue weighted by Gasteiger charge is 2.47. The van der Waals surface area contributed by atoms with Crippen LogP contribution < -0.4 is 5.32 Å². The van der Waals surface area contributed by atoms with Gasteiger partial charge in [-0.05, 0) is 74.4 Å². The second-order valence-corrected chi connectivity index (χ2v) is 13.9. The fraction of sp³-hybridized carbons (Fsp3) is 0.455. The SMILES string of the molecule is CC(=O)N1CC[C@H]2CC[C@@H](C(=O)N3CCCC3Cc3ccc(F)cc3)N2C(=O)[C@@H](NC(=O)c2cc3cc(C(F)(F)P(O)O)ccc3[nH]2)C1. The standard InChI is InChI=1S/C33H37F3N5O6P/c1-19(42)39-14-12-24-9-11-29(32(45)40-13-2-3-25(40)15-20-4-7-23(34)8-5-20)41(24)31(44)28(18-39)38-30(43)27-17-21-16-22(6-10-26(21)37-27)33(35,36)48(46)47/h4-8,10,16-17,24-25,28-29,37,46-47H,2-3,9,11-15,18H2,1H3,(H,38,43)/t24-,25?,28+,29+/m1/s1. The van der Waals surface area contributed by atoms with Crippen LogP contribution in [0.15, 0.2) is 48.5 Å². The minimum atomic E-state index is -3.87. The van der Waals surface area contributed by atoms with Gasteiger partial charge in [0.15, 0.2) is 0 Å². The van der Waals surface area contributed by atoms with E-state index >= 15 is 0 Å². The third-order valence-electron chi connectivity index (χ3n) is 9.73. The van der Waals surface area contributed by atoms with E-state index in [1.807, 2.05) is 4.90 Å². The minimum absolute atomic E-state index is 0.0312. The molecule has 3 saturated heterocycles. The van der Waals surface area contributed by atoms with Crippen LogP contribution in [-0.2, 0) is 26.5 Å². The summed E-state index contributed by atoms with van der Waals surface area (Å²) in [4.78, 5) is 80.4. The molecule has 3 fully saturated rings. The summed E-state index contributed by atoms with van der Waals surface area (Å²) < 4.78 is 42.0. The number of rotatable bonds is 7. The molecule has 256 valence electrons. The van der Waals surface area contributed by atoms with Crippen molar-refractivity contribution >= 4 is 42.9 Å². The summed E-state index contributed by atoms with van der Waals surface area (Å²) in [6, 6.07) is 8.55. The number of hydrogen-bond donors (Lipinski definition) is 4. The zero-order valence-corrected chi connectivity index (χ0v) is 27.1. The van der Waals surface area contributed by atoms with Crippen LogP contribution in [0.1, 0.15) is 60.6 Å². The number of alkyl halides is 2. The molecule has 0 radical (unpaired) electrons. The van der Waals surface area contributed by atoms with Gasteiger partial charge in [-0.25, -0.2) is 4.39 Å². The molecule has 11 nitrogen and oxygen atoms in total. The summed E-state index contributed by atoms with van der Waals surface area (Å²) in [7, 11) is -3.58. The number of nitrogens with zero attached hydrogens (tertiary/aromatic N) is 3. The van der Waals surface area contributed by atoms with Crippen molar-refractivity contribution in [2.24, 2.45) is 0 Å². The number of carbonyl (C=O) groups is 4. The molecule has 3 aliphatic rings. The molecule has 3 aliphatic heterocycles. The third-order valence-corrected chi connectivity index (χ3v) is 10.5. The van der Waals surface area contributed by atoms with Crippen LogP contribution >= 0.6 is 8.38 Å². The van der Waals surface area contributed by atoms with E-state index in [1.54, 1.807) is 17.0 Å². The van der Waals surface area contributed by atoms with E-state index < -0.39 is 43.5 Å². The summed E-state index contributed by atoms with van der Waals surface area (Å²) in [5.74, 6) is -1.97. The predicted octanol–water partition coefficient (Wildman–Crippen LogP) is 3.60. The molecule has 0 saturated carbocycles. The van der Waals surface area contributed by atoms with Crippen LogP contribution in [0.2, 0.25) is 0 Å². The molecule has 2 aromatic carbocycles. The summed E-state index contributed by atoms with van der Waals surface area (Å²) in [6.07, 6.45) is 3.63. The van der Waals surface area contributed by atoms with Gasteiger partial charge in [0.2, 0.25) is 26.1 Å². The lowest BCUT2D eigenvalue weighted by Gasteiger charge is -2.39. The number of hydrogen-bond acceptors (Lipinski definition) is 6. The first-order chi connectivity index (χ1) is 22.8. The van der Waals surface area contributed by atoms with E-state index in [4.69, 9.17) is 9.79 Å². The summed E-state index contributed by atoms with van der Waals surface area (Å²) >= 11 is 0. The van der Waals surface area contributed by atoms with Gasteiger partial charge < -0.3 is 34.8 Å². The fourth-order valence-corrected chi connectivity index (χ4v) is 7.60. The molecule has 48 heavy (non-hydrogen) atoms. The predicted molar refractivity (Wildman–Crippen MR) is 170 cm³/mol. The lowest BCUT2D eigenvalue weighted by atomic mass is 10.0. The van der Waals surface area contributed by atoms with Crippen molar-refractivity contribution in [1.29, 1.82) is 0 Å². The average Bonchev–Trinajstić information content (AvgIpc) is 3.80. The van der Waals surface area contributed by atoms with Gasteiger partial charge in [-0.3, -0.25) is 19.2 Å². The second-order valence-electron chi connectivity index (χ2n) is 12.7. The first kappa shape index (κ1) is 33.9. The van der Waals surface area contributed by atoms with E-state index in [-0.39, 0.29) is 47.3 Å². The molecule has 15 heteroatoms. The number of carbonyl (C=O) groups excluding carboxylic acids is 4. The third kappa shape index (κ3) is 6.65. The van der Waals surface area contributed by atoms with Gasteiger partial charge in [-0.15, -0.1) is 0 Å². The first-order valence-electron chi connectivity index (χ1n) is 16.0. The highest BCUT2D eigenvalue weighted by atomic mass is 31.2. The quantitative estimate of drug-likeness (QED) is 0.280. The molecule has 1 aromatic heterocycles. The Kier molecular flexibility index (Phi) is 9.52. The van der Waals surface area contributed by atoms with E-state index in [1.165, 1.54) is 36.1 Å². The average molecular weight is 688 g/mol. The van der Waals surface area contributed by atoms with Crippen LogP contribution in [0, 0.1) is 5.82 Å². The molecular formula is C33H37F3N5O6P. The topological polar surface area (TPSA) is 146 Å². The number of amides is 4. The van der Waals surface area contributed by atoms with E-state index in [2.05, 4.69) is 10.3 Å². The van der Waals surface area contributed by atoms with Crippen molar-refractivity contribution in [3.05, 3.63) is 71.2 Å². The van der Waals surface area contributed by atoms with Crippen molar-refractivity contribution in [3.8, 4) is 0 Å². The molecule has 1 unspecified atom stereocenters. The van der Waals surface area contributed by atoms with Crippen LogP contribution in [-0.4, -0.2) is 96.9 Å². The monoisotopic (exact) mass is 687 g/mol. The summed E-state index contributed by atoms with van der Waals surface area (Å²) in [6.45, 7) is 2.14. The van der Waals surface area contributed by atoms with Crippen molar-refractivity contribution in [3.63, 3.8) is 0 Å². The number of benzene rings is 2. The molecule has 4 heterocycles. The number of fused-ring (bicyclic) bond motifs is 2. The molecular weight excluding hydrogens is 650 g/mol. The zero-order valence-electron chi connectivity index (χ0n) is 26.2. The first-order valence-corrected chi connectivity index (χ1v) is 17.2. The molecule has 0 spiro atoms. The van der Waals surface area contributed by atoms with Crippen LogP contribution in [0.3, 0.4) is 0 Å². The molecule has 0 aliphatic carbocycles. The maximum absolute atomic E-state index is 14.3. The maximum Gasteiger partial charge on any atom is 0.339 e. The number of aromatic nitrogens is 1. The smallest absolute Gasteiger partial charge is 0.339 e. The van der Waals surface area contributed by atoms with Crippen LogP contribution in [0.5, 0.6) is 0 Å². The Morgan fingerprint density at radius 3 is 2.48 bits per heavy atom. The number of halogens is 3. The number of H-pyrrole nitrogens is 1. The van der Waals surface area contributed by atoms with Gasteiger partial charge in [0, 0.05) is 55.1 Å². The fourth-order valence-electron chi connectivity index (χ4n) is 7.23. The Hall–Kier alpha value is -4.00. The number of nitrogens with one attached hydrogen (secondary N) is 2. The Morgan fingerprint density at radius 2 is 1.77 bits per heavy atom. The Balaban J connectivity index is 1.23. The minimum Gasteiger partial charge on any atom is -0.351 e. The van der Waals surface area contributed by atoms with Gasteiger partial charge >= 0.3 is 5.66 Å². The van der Waals surface area contributed by atoms with Crippen molar-refractivity contribution in [2.45, 2.75) is 75.3 Å². The molecule has 4 amide bonds. The summed E-state index contributed by atoms with van der Waals surface area (Å²) in [5.41, 5.74) is -3.29. The van der Waals surface area contributed by atoms with E-state index in [0.29, 0.717) is 44.3 Å². The Morgan fingerprint density at radius 1 is 1.02 bits per heavy atom. The largest absolute Gasteiger partial charge is 0.351 e. The van der Waals surface area contributed by atoms with Gasteiger partial charge in [0.25, 0.3) is 5.91 Å². The lowest BCUT2D eigenvalue weighted by molar-refractivity contribution is -0.149. The van der Waals surface area contributed by atoms with Gasteiger partial charge in [-0.2, -0.15) is 8.78 Å². The Labute approximate surface area is 276 Å². The molecule has 4 atom stereocenters. The van der Waals surface area contributed by atoms with E-state index in [0.717, 1.165) is 30.5 Å². The molecule has 4 N–H and O–H groups in total. The van der Waals surface area contributed by atoms with Crippen LogP contribution in [0.25, 0.3) is 10.9 Å². The zero-order chi connectivity index (χ0) is 34.3. The van der Waals surface area contributed by atoms with Gasteiger partial charge in [0.05, 0.1) is 0 Å². The van der Waals surface area contributed by atoms with Gasteiger partial charge in [0.1, 0.15) is 23.6 Å². The molecule has 0 bridgehead atoms. The maximum atomic E-state index is 14.3. The normalized spacial score (nSPS) is 23.4. The van der Waals surface area contributed by atoms with Crippen molar-refractivity contribution in [1.82, 2.24) is 25.0 Å². The molecule has 6 rings (SSSR count). The van der Waals surface area contributed by atoms with Gasteiger partial charge in [-0.1, -0.05) is 18.2 Å². The molecule has 3 aromatic rings. The van der Waals surface area contributed by atoms with Crippen molar-refractivity contribution < 1.29 is 42.1 Å².